The van der Waals surface area contributed by atoms with Crippen LogP contribution in [0.4, 0.5) is 4.39 Å². The van der Waals surface area contributed by atoms with Crippen molar-refractivity contribution in [2.24, 2.45) is 0 Å². The second-order valence-corrected chi connectivity index (χ2v) is 7.42. The molecule has 0 aliphatic heterocycles. The van der Waals surface area contributed by atoms with Crippen LogP contribution in [0.25, 0.3) is 5.69 Å². The predicted molar refractivity (Wildman–Crippen MR) is 107 cm³/mol. The standard InChI is InChI=1S/C23H24FN3O/c24-20-6-3-5-19(17-20)23(12-1-2-13-23)22(28)25-15-11-18-7-9-21(10-8-18)27-16-4-14-26-27/h3-10,14,16-17H,1-2,11-13,15H2,(H,25,28). The molecule has 0 unspecified atom stereocenters. The molecule has 1 saturated carbocycles. The largest absolute Gasteiger partial charge is 0.355 e. The van der Waals surface area contributed by atoms with Crippen LogP contribution < -0.4 is 5.32 Å². The van der Waals surface area contributed by atoms with Crippen LogP contribution in [0.3, 0.4) is 0 Å². The Morgan fingerprint density at radius 2 is 1.89 bits per heavy atom. The highest BCUT2D eigenvalue weighted by Gasteiger charge is 2.42. The van der Waals surface area contributed by atoms with Gasteiger partial charge in [-0.1, -0.05) is 37.1 Å². The number of carbonyl (C=O) groups is 1. The van der Waals surface area contributed by atoms with Gasteiger partial charge >= 0.3 is 0 Å². The lowest BCUT2D eigenvalue weighted by Crippen LogP contribution is -2.43. The van der Waals surface area contributed by atoms with Gasteiger partial charge in [0, 0.05) is 18.9 Å². The summed E-state index contributed by atoms with van der Waals surface area (Å²) in [5, 5.41) is 7.32. The van der Waals surface area contributed by atoms with Gasteiger partial charge in [-0.25, -0.2) is 9.07 Å². The van der Waals surface area contributed by atoms with E-state index in [0.717, 1.165) is 48.9 Å². The lowest BCUT2D eigenvalue weighted by atomic mass is 9.78. The zero-order chi connectivity index (χ0) is 19.4. The molecule has 28 heavy (non-hydrogen) atoms. The Morgan fingerprint density at radius 1 is 1.11 bits per heavy atom. The molecule has 1 aromatic heterocycles. The van der Waals surface area contributed by atoms with E-state index in [1.165, 1.54) is 12.1 Å². The molecule has 0 bridgehead atoms. The van der Waals surface area contributed by atoms with Crippen molar-refractivity contribution in [3.05, 3.63) is 83.9 Å². The van der Waals surface area contributed by atoms with E-state index in [9.17, 15) is 9.18 Å². The van der Waals surface area contributed by atoms with E-state index in [1.807, 2.05) is 35.1 Å². The van der Waals surface area contributed by atoms with Gasteiger partial charge in [-0.15, -0.1) is 0 Å². The van der Waals surface area contributed by atoms with Gasteiger partial charge in [-0.2, -0.15) is 5.10 Å². The van der Waals surface area contributed by atoms with E-state index >= 15 is 0 Å². The molecule has 144 valence electrons. The number of rotatable bonds is 6. The first-order valence-corrected chi connectivity index (χ1v) is 9.81. The first kappa shape index (κ1) is 18.4. The van der Waals surface area contributed by atoms with E-state index in [4.69, 9.17) is 0 Å². The first-order valence-electron chi connectivity index (χ1n) is 9.81. The zero-order valence-corrected chi connectivity index (χ0v) is 15.8. The normalized spacial score (nSPS) is 15.5. The fourth-order valence-electron chi connectivity index (χ4n) is 4.14. The predicted octanol–water partition coefficient (Wildman–Crippen LogP) is 4.18. The molecule has 1 fully saturated rings. The van der Waals surface area contributed by atoms with Crippen molar-refractivity contribution in [1.29, 1.82) is 0 Å². The molecule has 3 aromatic rings. The number of hydrogen-bond acceptors (Lipinski definition) is 2. The topological polar surface area (TPSA) is 46.9 Å². The fourth-order valence-corrected chi connectivity index (χ4v) is 4.14. The Hall–Kier alpha value is -2.95. The maximum Gasteiger partial charge on any atom is 0.230 e. The third-order valence-electron chi connectivity index (χ3n) is 5.67. The first-order chi connectivity index (χ1) is 13.7. The number of amides is 1. The molecule has 0 saturated heterocycles. The minimum Gasteiger partial charge on any atom is -0.355 e. The molecule has 0 atom stereocenters. The Bertz CT molecular complexity index is 929. The summed E-state index contributed by atoms with van der Waals surface area (Å²) in [5.41, 5.74) is 2.37. The number of benzene rings is 2. The van der Waals surface area contributed by atoms with Crippen LogP contribution in [0.2, 0.25) is 0 Å². The molecule has 4 rings (SSSR count). The van der Waals surface area contributed by atoms with Crippen LogP contribution in [0, 0.1) is 5.82 Å². The van der Waals surface area contributed by atoms with Crippen molar-refractivity contribution in [2.45, 2.75) is 37.5 Å². The zero-order valence-electron chi connectivity index (χ0n) is 15.8. The van der Waals surface area contributed by atoms with Crippen LogP contribution >= 0.6 is 0 Å². The SMILES string of the molecule is O=C(NCCc1ccc(-n2cccn2)cc1)C1(c2cccc(F)c2)CCCC1. The highest BCUT2D eigenvalue weighted by Crippen LogP contribution is 2.41. The summed E-state index contributed by atoms with van der Waals surface area (Å²) in [6, 6.07) is 16.6. The fraction of sp³-hybridized carbons (Fsp3) is 0.304. The Morgan fingerprint density at radius 3 is 2.57 bits per heavy atom. The molecule has 1 aliphatic carbocycles. The molecule has 1 N–H and O–H groups in total. The van der Waals surface area contributed by atoms with Gasteiger partial charge in [0.15, 0.2) is 0 Å². The van der Waals surface area contributed by atoms with Crippen LogP contribution in [0.15, 0.2) is 67.0 Å². The third kappa shape index (κ3) is 3.70. The van der Waals surface area contributed by atoms with Crippen molar-refractivity contribution < 1.29 is 9.18 Å². The number of nitrogens with zero attached hydrogens (tertiary/aromatic N) is 2. The van der Waals surface area contributed by atoms with Gasteiger partial charge in [0.25, 0.3) is 0 Å². The van der Waals surface area contributed by atoms with Crippen molar-refractivity contribution in [3.8, 4) is 5.69 Å². The average Bonchev–Trinajstić information content (AvgIpc) is 3.41. The summed E-state index contributed by atoms with van der Waals surface area (Å²) in [6.45, 7) is 0.566. The van der Waals surface area contributed by atoms with E-state index in [2.05, 4.69) is 22.5 Å². The van der Waals surface area contributed by atoms with Crippen LogP contribution in [0.1, 0.15) is 36.8 Å². The molecule has 0 spiro atoms. The summed E-state index contributed by atoms with van der Waals surface area (Å²) >= 11 is 0. The van der Waals surface area contributed by atoms with Gasteiger partial charge in [-0.05, 0) is 60.7 Å². The summed E-state index contributed by atoms with van der Waals surface area (Å²) in [6.07, 6.45) is 7.97. The van der Waals surface area contributed by atoms with Gasteiger partial charge < -0.3 is 5.32 Å². The molecule has 1 amide bonds. The van der Waals surface area contributed by atoms with E-state index in [1.54, 1.807) is 12.3 Å². The molecule has 2 aromatic carbocycles. The Kier molecular flexibility index (Phi) is 5.24. The Labute approximate surface area is 164 Å². The summed E-state index contributed by atoms with van der Waals surface area (Å²) < 4.78 is 15.5. The lowest BCUT2D eigenvalue weighted by molar-refractivity contribution is -0.126. The second-order valence-electron chi connectivity index (χ2n) is 7.42. The summed E-state index contributed by atoms with van der Waals surface area (Å²) in [5.74, 6) is -0.266. The number of halogens is 1. The monoisotopic (exact) mass is 377 g/mol. The van der Waals surface area contributed by atoms with Crippen LogP contribution in [-0.2, 0) is 16.6 Å². The molecule has 1 aliphatic rings. The van der Waals surface area contributed by atoms with Crippen LogP contribution in [-0.4, -0.2) is 22.2 Å². The van der Waals surface area contributed by atoms with Crippen molar-refractivity contribution in [1.82, 2.24) is 15.1 Å². The van der Waals surface area contributed by atoms with Gasteiger partial charge in [-0.3, -0.25) is 4.79 Å². The van der Waals surface area contributed by atoms with E-state index in [0.29, 0.717) is 6.54 Å². The van der Waals surface area contributed by atoms with Crippen molar-refractivity contribution >= 4 is 5.91 Å². The summed E-state index contributed by atoms with van der Waals surface area (Å²) in [7, 11) is 0. The van der Waals surface area contributed by atoms with Crippen molar-refractivity contribution in [2.75, 3.05) is 6.54 Å². The number of aromatic nitrogens is 2. The highest BCUT2D eigenvalue weighted by molar-refractivity contribution is 5.88. The molecular formula is C23H24FN3O. The maximum absolute atomic E-state index is 13.7. The Balaban J connectivity index is 1.39. The van der Waals surface area contributed by atoms with Crippen molar-refractivity contribution in [3.63, 3.8) is 0 Å². The van der Waals surface area contributed by atoms with E-state index < -0.39 is 5.41 Å². The highest BCUT2D eigenvalue weighted by atomic mass is 19.1. The molecule has 0 radical (unpaired) electrons. The quantitative estimate of drug-likeness (QED) is 0.700. The maximum atomic E-state index is 13.7. The van der Waals surface area contributed by atoms with E-state index in [-0.39, 0.29) is 11.7 Å². The van der Waals surface area contributed by atoms with Gasteiger partial charge in [0.2, 0.25) is 5.91 Å². The van der Waals surface area contributed by atoms with Gasteiger partial charge in [0.1, 0.15) is 5.82 Å². The summed E-state index contributed by atoms with van der Waals surface area (Å²) in [4.78, 5) is 13.0. The molecule has 4 nitrogen and oxygen atoms in total. The smallest absolute Gasteiger partial charge is 0.230 e. The molecule has 5 heteroatoms. The second kappa shape index (κ2) is 7.97. The number of nitrogens with one attached hydrogen (secondary N) is 1. The minimum atomic E-state index is -0.591. The van der Waals surface area contributed by atoms with Gasteiger partial charge in [0.05, 0.1) is 11.1 Å². The number of hydrogen-bond donors (Lipinski definition) is 1. The molecule has 1 heterocycles. The number of carbonyl (C=O) groups excluding carboxylic acids is 1. The minimum absolute atomic E-state index is 0.0174. The third-order valence-corrected chi connectivity index (χ3v) is 5.67. The average molecular weight is 377 g/mol. The van der Waals surface area contributed by atoms with Crippen LogP contribution in [0.5, 0.6) is 0 Å². The lowest BCUT2D eigenvalue weighted by Gasteiger charge is -2.28. The molecular weight excluding hydrogens is 353 g/mol.